The molecule has 8 heteroatoms. The summed E-state index contributed by atoms with van der Waals surface area (Å²) in [6.45, 7) is 2.62. The van der Waals surface area contributed by atoms with Crippen molar-refractivity contribution in [3.05, 3.63) is 49.3 Å². The van der Waals surface area contributed by atoms with Gasteiger partial charge < -0.3 is 5.11 Å². The Morgan fingerprint density at radius 1 is 1.52 bits per heavy atom. The van der Waals surface area contributed by atoms with Crippen molar-refractivity contribution in [2.24, 2.45) is 0 Å². The second kappa shape index (κ2) is 5.57. The number of carbonyl (C=O) groups excluding carboxylic acids is 1. The molecule has 5 nitrogen and oxygen atoms in total. The summed E-state index contributed by atoms with van der Waals surface area (Å²) in [7, 11) is 0. The highest BCUT2D eigenvalue weighted by atomic mass is 79.9. The normalized spacial score (nSPS) is 10.7. The molecule has 0 aliphatic carbocycles. The zero-order valence-electron chi connectivity index (χ0n) is 10.9. The van der Waals surface area contributed by atoms with E-state index < -0.39 is 28.5 Å². The van der Waals surface area contributed by atoms with Gasteiger partial charge in [0.05, 0.1) is 5.02 Å². The average molecular weight is 376 g/mol. The fourth-order valence-electron chi connectivity index (χ4n) is 1.96. The molecule has 0 radical (unpaired) electrons. The zero-order chi connectivity index (χ0) is 15.9. The van der Waals surface area contributed by atoms with E-state index in [9.17, 15) is 19.1 Å². The van der Waals surface area contributed by atoms with Gasteiger partial charge in [0, 0.05) is 18.0 Å². The summed E-state index contributed by atoms with van der Waals surface area (Å²) in [6, 6.07) is 1.20. The van der Waals surface area contributed by atoms with Gasteiger partial charge in [-0.25, -0.2) is 9.37 Å². The molecule has 2 heterocycles. The van der Waals surface area contributed by atoms with Crippen LogP contribution >= 0.6 is 27.5 Å². The van der Waals surface area contributed by atoms with Gasteiger partial charge in [-0.1, -0.05) is 11.6 Å². The highest BCUT2D eigenvalue weighted by Gasteiger charge is 2.22. The second-order valence-corrected chi connectivity index (χ2v) is 5.46. The number of aromatic hydroxyl groups is 1. The summed E-state index contributed by atoms with van der Waals surface area (Å²) < 4.78 is 15.1. The number of hydrogen-bond acceptors (Lipinski definition) is 4. The number of hydrogen-bond donors (Lipinski definition) is 1. The molecular formula is C13H9BrClFN2O3. The fourth-order valence-corrected chi connectivity index (χ4v) is 2.47. The predicted octanol–water partition coefficient (Wildman–Crippen LogP) is 3.00. The van der Waals surface area contributed by atoms with Crippen LogP contribution < -0.4 is 5.56 Å². The molecule has 2 rings (SSSR count). The summed E-state index contributed by atoms with van der Waals surface area (Å²) in [6.07, 6.45) is 1.18. The topological polar surface area (TPSA) is 72.2 Å². The molecular weight excluding hydrogens is 367 g/mol. The minimum Gasteiger partial charge on any atom is -0.507 e. The van der Waals surface area contributed by atoms with E-state index in [0.29, 0.717) is 0 Å². The monoisotopic (exact) mass is 374 g/mol. The number of aromatic nitrogens is 2. The van der Waals surface area contributed by atoms with E-state index >= 15 is 0 Å². The molecule has 0 saturated carbocycles. The lowest BCUT2D eigenvalue weighted by molar-refractivity contribution is 0.101. The van der Waals surface area contributed by atoms with Crippen LogP contribution in [0.15, 0.2) is 21.7 Å². The Hall–Kier alpha value is -1.73. The minimum atomic E-state index is -0.848. The third-order valence-corrected chi connectivity index (χ3v) is 3.68. The summed E-state index contributed by atoms with van der Waals surface area (Å²) in [4.78, 5) is 27.6. The third-order valence-electron chi connectivity index (χ3n) is 2.85. The molecule has 2 aromatic rings. The van der Waals surface area contributed by atoms with Crippen molar-refractivity contribution in [2.45, 2.75) is 13.8 Å². The van der Waals surface area contributed by atoms with Crippen LogP contribution in [-0.2, 0) is 0 Å². The lowest BCUT2D eigenvalue weighted by Crippen LogP contribution is -2.27. The number of rotatable bonds is 2. The molecule has 110 valence electrons. The van der Waals surface area contributed by atoms with E-state index in [1.54, 1.807) is 0 Å². The minimum absolute atomic E-state index is 0.0962. The number of pyridine rings is 2. The van der Waals surface area contributed by atoms with Gasteiger partial charge >= 0.3 is 0 Å². The first-order valence-corrected chi connectivity index (χ1v) is 6.89. The largest absolute Gasteiger partial charge is 0.507 e. The van der Waals surface area contributed by atoms with Crippen molar-refractivity contribution in [3.63, 3.8) is 0 Å². The molecule has 0 amide bonds. The maximum Gasteiger partial charge on any atom is 0.270 e. The Balaban J connectivity index is 2.96. The van der Waals surface area contributed by atoms with Crippen LogP contribution in [0.5, 0.6) is 5.75 Å². The molecule has 1 N–H and O–H groups in total. The van der Waals surface area contributed by atoms with Gasteiger partial charge in [0.15, 0.2) is 11.6 Å². The SMILES string of the molecule is CC(=O)c1c(O)cc(C)n(-c2c(Cl)cnc(Br)c2F)c1=O. The number of Topliss-reactive ketones (excluding diaryl/α,β-unsaturated/α-hetero) is 1. The molecule has 2 aromatic heterocycles. The Kier molecular flexibility index (Phi) is 4.15. The van der Waals surface area contributed by atoms with E-state index in [1.165, 1.54) is 19.2 Å². The van der Waals surface area contributed by atoms with Crippen molar-refractivity contribution in [1.82, 2.24) is 9.55 Å². The highest BCUT2D eigenvalue weighted by molar-refractivity contribution is 9.10. The van der Waals surface area contributed by atoms with Gasteiger partial charge in [0.25, 0.3) is 5.56 Å². The Morgan fingerprint density at radius 2 is 2.14 bits per heavy atom. The Labute approximate surface area is 132 Å². The van der Waals surface area contributed by atoms with Crippen molar-refractivity contribution in [3.8, 4) is 11.4 Å². The van der Waals surface area contributed by atoms with Gasteiger partial charge in [0.1, 0.15) is 21.6 Å². The van der Waals surface area contributed by atoms with Crippen LogP contribution in [0.3, 0.4) is 0 Å². The first-order chi connectivity index (χ1) is 9.75. The van der Waals surface area contributed by atoms with Gasteiger partial charge in [0.2, 0.25) is 0 Å². The predicted molar refractivity (Wildman–Crippen MR) is 78.9 cm³/mol. The fraction of sp³-hybridized carbons (Fsp3) is 0.154. The number of aryl methyl sites for hydroxylation is 1. The quantitative estimate of drug-likeness (QED) is 0.647. The second-order valence-electron chi connectivity index (χ2n) is 4.30. The van der Waals surface area contributed by atoms with Crippen molar-refractivity contribution in [1.29, 1.82) is 0 Å². The standard InChI is InChI=1S/C13H9BrClFN2O3/c1-5-3-8(20)9(6(2)19)13(21)18(5)11-7(15)4-17-12(14)10(11)16/h3-4,20H,1-2H3. The molecule has 0 aromatic carbocycles. The lowest BCUT2D eigenvalue weighted by Gasteiger charge is -2.15. The zero-order valence-corrected chi connectivity index (χ0v) is 13.3. The van der Waals surface area contributed by atoms with E-state index in [-0.39, 0.29) is 21.0 Å². The van der Waals surface area contributed by atoms with Crippen molar-refractivity contribution < 1.29 is 14.3 Å². The van der Waals surface area contributed by atoms with Crippen LogP contribution in [0.2, 0.25) is 5.02 Å². The van der Waals surface area contributed by atoms with E-state index in [2.05, 4.69) is 20.9 Å². The third kappa shape index (κ3) is 2.58. The van der Waals surface area contributed by atoms with Crippen molar-refractivity contribution >= 4 is 33.3 Å². The maximum absolute atomic E-state index is 14.2. The Bertz CT molecular complexity index is 820. The lowest BCUT2D eigenvalue weighted by atomic mass is 10.1. The number of ketones is 1. The summed E-state index contributed by atoms with van der Waals surface area (Å²) in [5.41, 5.74) is -1.28. The smallest absolute Gasteiger partial charge is 0.270 e. The van der Waals surface area contributed by atoms with E-state index in [0.717, 1.165) is 11.5 Å². The molecule has 0 aliphatic heterocycles. The molecule has 0 saturated heterocycles. The van der Waals surface area contributed by atoms with E-state index in [1.807, 2.05) is 0 Å². The molecule has 0 spiro atoms. The molecule has 0 atom stereocenters. The van der Waals surface area contributed by atoms with Gasteiger partial charge in [-0.15, -0.1) is 0 Å². The van der Waals surface area contributed by atoms with Gasteiger partial charge in [-0.2, -0.15) is 0 Å². The van der Waals surface area contributed by atoms with Crippen LogP contribution in [0.1, 0.15) is 23.0 Å². The highest BCUT2D eigenvalue weighted by Crippen LogP contribution is 2.28. The summed E-state index contributed by atoms with van der Waals surface area (Å²) in [5.74, 6) is -1.92. The first-order valence-electron chi connectivity index (χ1n) is 5.72. The summed E-state index contributed by atoms with van der Waals surface area (Å²) >= 11 is 8.83. The van der Waals surface area contributed by atoms with Crippen molar-refractivity contribution in [2.75, 3.05) is 0 Å². The molecule has 0 unspecified atom stereocenters. The maximum atomic E-state index is 14.2. The summed E-state index contributed by atoms with van der Waals surface area (Å²) in [5, 5.41) is 9.63. The number of carbonyl (C=O) groups is 1. The van der Waals surface area contributed by atoms with Crippen LogP contribution in [0.4, 0.5) is 4.39 Å². The molecule has 0 aliphatic rings. The number of nitrogens with zero attached hydrogens (tertiary/aromatic N) is 2. The van der Waals surface area contributed by atoms with Gasteiger partial charge in [-0.05, 0) is 29.8 Å². The molecule has 0 fully saturated rings. The van der Waals surface area contributed by atoms with Crippen LogP contribution in [0.25, 0.3) is 5.69 Å². The average Bonchev–Trinajstić information content (AvgIpc) is 2.37. The first kappa shape index (κ1) is 15.7. The molecule has 0 bridgehead atoms. The Morgan fingerprint density at radius 3 is 2.71 bits per heavy atom. The molecule has 21 heavy (non-hydrogen) atoms. The van der Waals surface area contributed by atoms with Gasteiger partial charge in [-0.3, -0.25) is 14.2 Å². The van der Waals surface area contributed by atoms with E-state index in [4.69, 9.17) is 11.6 Å². The van der Waals surface area contributed by atoms with Crippen LogP contribution in [-0.4, -0.2) is 20.4 Å². The van der Waals surface area contributed by atoms with Crippen LogP contribution in [0, 0.1) is 12.7 Å². The number of halogens is 3.